The van der Waals surface area contributed by atoms with Crippen molar-refractivity contribution in [2.24, 2.45) is 5.92 Å². The second-order valence-corrected chi connectivity index (χ2v) is 9.87. The summed E-state index contributed by atoms with van der Waals surface area (Å²) in [7, 11) is 0. The van der Waals surface area contributed by atoms with Crippen molar-refractivity contribution in [1.29, 1.82) is 0 Å². The van der Waals surface area contributed by atoms with E-state index in [9.17, 15) is 4.79 Å². The maximum atomic E-state index is 12.5. The summed E-state index contributed by atoms with van der Waals surface area (Å²) >= 11 is 1.82. The van der Waals surface area contributed by atoms with Crippen LogP contribution in [0.3, 0.4) is 0 Å². The van der Waals surface area contributed by atoms with Gasteiger partial charge in [0.1, 0.15) is 0 Å². The maximum Gasteiger partial charge on any atom is 0.224 e. The van der Waals surface area contributed by atoms with E-state index in [4.69, 9.17) is 0 Å². The van der Waals surface area contributed by atoms with Gasteiger partial charge in [-0.25, -0.2) is 0 Å². The Morgan fingerprint density at radius 2 is 1.74 bits per heavy atom. The number of benzene rings is 2. The lowest BCUT2D eigenvalue weighted by Gasteiger charge is -2.39. The monoisotopic (exact) mass is 439 g/mol. The van der Waals surface area contributed by atoms with Crippen LogP contribution in [-0.4, -0.2) is 43.0 Å². The van der Waals surface area contributed by atoms with Crippen molar-refractivity contribution in [3.8, 4) is 0 Å². The molecule has 1 aliphatic rings. The molecule has 5 heteroatoms. The number of fused-ring (bicyclic) bond motifs is 2. The highest BCUT2D eigenvalue weighted by Crippen LogP contribution is 2.49. The molecule has 1 amide bonds. The topological polar surface area (TPSA) is 35.6 Å². The Hall–Kier alpha value is -1.98. The van der Waals surface area contributed by atoms with Gasteiger partial charge in [0, 0.05) is 28.9 Å². The van der Waals surface area contributed by atoms with Crippen molar-refractivity contribution in [2.45, 2.75) is 63.3 Å². The minimum atomic E-state index is 0.104. The molecular formula is C26H37N3OS. The number of carbonyl (C=O) groups excluding carboxylic acids is 1. The van der Waals surface area contributed by atoms with E-state index in [1.54, 1.807) is 0 Å². The van der Waals surface area contributed by atoms with Gasteiger partial charge in [0.2, 0.25) is 5.91 Å². The zero-order chi connectivity index (χ0) is 22.4. The lowest BCUT2D eigenvalue weighted by Crippen LogP contribution is -2.41. The second kappa shape index (κ2) is 11.1. The first kappa shape index (κ1) is 23.7. The van der Waals surface area contributed by atoms with Crippen molar-refractivity contribution in [3.05, 3.63) is 48.0 Å². The van der Waals surface area contributed by atoms with E-state index in [0.29, 0.717) is 18.4 Å². The molecule has 2 aromatic rings. The minimum absolute atomic E-state index is 0.104. The highest BCUT2D eigenvalue weighted by Gasteiger charge is 2.28. The van der Waals surface area contributed by atoms with Crippen LogP contribution in [0.5, 0.6) is 0 Å². The highest BCUT2D eigenvalue weighted by molar-refractivity contribution is 7.99. The number of carbonyl (C=O) groups is 1. The van der Waals surface area contributed by atoms with E-state index >= 15 is 0 Å². The molecule has 0 saturated carbocycles. The molecule has 0 bridgehead atoms. The average molecular weight is 440 g/mol. The molecule has 4 nitrogen and oxygen atoms in total. The standard InChI is InChI=1S/C26H37N3OS/c1-6-28(7-2)18-20(5)29-22-10-8-9-11-24(22)31-25-13-12-21(16-23(25)29)17-26(30)27-15-14-19(3)4/h8-13,16,19-20H,6-7,14-15,17-18H2,1-5H3,(H,27,30). The molecule has 0 saturated heterocycles. The summed E-state index contributed by atoms with van der Waals surface area (Å²) in [5, 5.41) is 3.07. The molecule has 1 unspecified atom stereocenters. The van der Waals surface area contributed by atoms with Crippen molar-refractivity contribution in [3.63, 3.8) is 0 Å². The molecule has 2 aromatic carbocycles. The van der Waals surface area contributed by atoms with Gasteiger partial charge >= 0.3 is 0 Å². The Balaban J connectivity index is 1.85. The average Bonchev–Trinajstić information content (AvgIpc) is 2.75. The van der Waals surface area contributed by atoms with Crippen LogP contribution in [0, 0.1) is 5.92 Å². The summed E-state index contributed by atoms with van der Waals surface area (Å²) in [4.78, 5) is 20.0. The largest absolute Gasteiger partial charge is 0.356 e. The van der Waals surface area contributed by atoms with Gasteiger partial charge in [-0.2, -0.15) is 0 Å². The van der Waals surface area contributed by atoms with Crippen LogP contribution in [0.15, 0.2) is 52.3 Å². The number of likely N-dealkylation sites (N-methyl/N-ethyl adjacent to an activating group) is 1. The van der Waals surface area contributed by atoms with Gasteiger partial charge in [-0.05, 0) is 62.2 Å². The third-order valence-electron chi connectivity index (χ3n) is 5.89. The SMILES string of the molecule is CCN(CC)CC(C)N1c2ccccc2Sc2ccc(CC(=O)NCCC(C)C)cc21. The molecule has 31 heavy (non-hydrogen) atoms. The van der Waals surface area contributed by atoms with Gasteiger partial charge in [-0.15, -0.1) is 0 Å². The summed E-state index contributed by atoms with van der Waals surface area (Å²) in [6.07, 6.45) is 1.44. The molecule has 0 fully saturated rings. The van der Waals surface area contributed by atoms with Gasteiger partial charge in [0.15, 0.2) is 0 Å². The molecular weight excluding hydrogens is 402 g/mol. The van der Waals surface area contributed by atoms with Crippen molar-refractivity contribution < 1.29 is 4.79 Å². The van der Waals surface area contributed by atoms with Gasteiger partial charge < -0.3 is 15.1 Å². The molecule has 0 spiro atoms. The molecule has 0 radical (unpaired) electrons. The fourth-order valence-electron chi connectivity index (χ4n) is 4.10. The fraction of sp³-hybridized carbons (Fsp3) is 0.500. The summed E-state index contributed by atoms with van der Waals surface area (Å²) < 4.78 is 0. The van der Waals surface area contributed by atoms with Crippen molar-refractivity contribution >= 4 is 29.0 Å². The first-order valence-corrected chi connectivity index (χ1v) is 12.4. The van der Waals surface area contributed by atoms with Gasteiger partial charge in [0.05, 0.1) is 17.8 Å². The predicted octanol–water partition coefficient (Wildman–Crippen LogP) is 5.72. The third-order valence-corrected chi connectivity index (χ3v) is 7.02. The Kier molecular flexibility index (Phi) is 8.44. The van der Waals surface area contributed by atoms with Crippen LogP contribution >= 0.6 is 11.8 Å². The number of hydrogen-bond donors (Lipinski definition) is 1. The molecule has 168 valence electrons. The number of rotatable bonds is 10. The second-order valence-electron chi connectivity index (χ2n) is 8.79. The van der Waals surface area contributed by atoms with Gasteiger partial charge in [-0.3, -0.25) is 4.79 Å². The van der Waals surface area contributed by atoms with E-state index in [1.165, 1.54) is 21.2 Å². The lowest BCUT2D eigenvalue weighted by atomic mass is 10.1. The molecule has 0 aromatic heterocycles. The van der Waals surface area contributed by atoms with Gasteiger partial charge in [0.25, 0.3) is 0 Å². The first-order chi connectivity index (χ1) is 14.9. The normalized spacial score (nSPS) is 13.8. The molecule has 3 rings (SSSR count). The van der Waals surface area contributed by atoms with Crippen LogP contribution < -0.4 is 10.2 Å². The zero-order valence-electron chi connectivity index (χ0n) is 19.6. The fourth-order valence-corrected chi connectivity index (χ4v) is 5.15. The number of para-hydroxylation sites is 1. The Labute approximate surface area is 192 Å². The van der Waals surface area contributed by atoms with Crippen molar-refractivity contribution in [2.75, 3.05) is 31.1 Å². The van der Waals surface area contributed by atoms with Crippen LogP contribution in [0.4, 0.5) is 11.4 Å². The van der Waals surface area contributed by atoms with E-state index < -0.39 is 0 Å². The number of anilines is 2. The number of nitrogens with zero attached hydrogens (tertiary/aromatic N) is 2. The lowest BCUT2D eigenvalue weighted by molar-refractivity contribution is -0.120. The molecule has 1 heterocycles. The molecule has 1 aliphatic heterocycles. The van der Waals surface area contributed by atoms with E-state index in [2.05, 4.69) is 92.2 Å². The zero-order valence-corrected chi connectivity index (χ0v) is 20.5. The number of hydrogen-bond acceptors (Lipinski definition) is 4. The number of nitrogens with one attached hydrogen (secondary N) is 1. The molecule has 1 atom stereocenters. The minimum Gasteiger partial charge on any atom is -0.356 e. The first-order valence-electron chi connectivity index (χ1n) is 11.6. The predicted molar refractivity (Wildman–Crippen MR) is 133 cm³/mol. The van der Waals surface area contributed by atoms with E-state index in [1.807, 2.05) is 11.8 Å². The van der Waals surface area contributed by atoms with Gasteiger partial charge in [-0.1, -0.05) is 57.7 Å². The third kappa shape index (κ3) is 6.05. The molecule has 0 aliphatic carbocycles. The Morgan fingerprint density at radius 1 is 1.03 bits per heavy atom. The smallest absolute Gasteiger partial charge is 0.224 e. The van der Waals surface area contributed by atoms with Crippen LogP contribution in [0.2, 0.25) is 0 Å². The van der Waals surface area contributed by atoms with Crippen LogP contribution in [0.1, 0.15) is 46.6 Å². The Morgan fingerprint density at radius 3 is 2.45 bits per heavy atom. The summed E-state index contributed by atoms with van der Waals surface area (Å²) in [6.45, 7) is 15.0. The van der Waals surface area contributed by atoms with Crippen LogP contribution in [-0.2, 0) is 11.2 Å². The quantitative estimate of drug-likeness (QED) is 0.513. The van der Waals surface area contributed by atoms with E-state index in [-0.39, 0.29) is 5.91 Å². The Bertz CT molecular complexity index is 879. The van der Waals surface area contributed by atoms with Crippen LogP contribution in [0.25, 0.3) is 0 Å². The van der Waals surface area contributed by atoms with E-state index in [0.717, 1.165) is 38.2 Å². The summed E-state index contributed by atoms with van der Waals surface area (Å²) in [6, 6.07) is 15.5. The highest BCUT2D eigenvalue weighted by atomic mass is 32.2. The van der Waals surface area contributed by atoms with Crippen molar-refractivity contribution in [1.82, 2.24) is 10.2 Å². The number of amides is 1. The summed E-state index contributed by atoms with van der Waals surface area (Å²) in [5.41, 5.74) is 3.55. The molecule has 1 N–H and O–H groups in total. The summed E-state index contributed by atoms with van der Waals surface area (Å²) in [5.74, 6) is 0.703. The maximum absolute atomic E-state index is 12.5.